The number of rotatable bonds is 7. The maximum atomic E-state index is 13.4. The number of carbonyl (C=O) groups excluding carboxylic acids is 3. The largest absolute Gasteiger partial charge is 0.508 e. The number of carbonyl (C=O) groups is 3. The molecule has 0 aliphatic carbocycles. The van der Waals surface area contributed by atoms with Crippen LogP contribution in [0.3, 0.4) is 0 Å². The molecule has 2 aromatic carbocycles. The highest BCUT2D eigenvalue weighted by atomic mass is 16.3. The molecule has 3 amide bonds. The molecule has 3 rings (SSSR count). The quantitative estimate of drug-likeness (QED) is 0.386. The third kappa shape index (κ3) is 6.40. The Balaban J connectivity index is 1.84. The Morgan fingerprint density at radius 1 is 1.12 bits per heavy atom. The van der Waals surface area contributed by atoms with Crippen molar-refractivity contribution in [1.82, 2.24) is 15.5 Å². The zero-order valence-electron chi connectivity index (χ0n) is 19.3. The normalized spacial score (nSPS) is 22.3. The van der Waals surface area contributed by atoms with E-state index in [9.17, 15) is 19.5 Å². The Kier molecular flexibility index (Phi) is 8.75. The molecule has 0 unspecified atom stereocenters. The number of phenols is 1. The van der Waals surface area contributed by atoms with Crippen molar-refractivity contribution in [3.63, 3.8) is 0 Å². The molecule has 1 saturated heterocycles. The summed E-state index contributed by atoms with van der Waals surface area (Å²) in [6.45, 7) is 2.15. The minimum absolute atomic E-state index is 0.100. The van der Waals surface area contributed by atoms with Gasteiger partial charge in [-0.1, -0.05) is 42.5 Å². The lowest BCUT2D eigenvalue weighted by atomic mass is 10.0. The topological polar surface area (TPSA) is 151 Å². The first-order chi connectivity index (χ1) is 16.3. The molecule has 0 saturated carbocycles. The van der Waals surface area contributed by atoms with Crippen molar-refractivity contribution in [2.75, 3.05) is 13.1 Å². The summed E-state index contributed by atoms with van der Waals surface area (Å²) in [5.74, 6) is -1.48. The summed E-state index contributed by atoms with van der Waals surface area (Å²) in [6, 6.07) is 13.0. The molecule has 7 N–H and O–H groups in total. The highest BCUT2D eigenvalue weighted by Gasteiger charge is 2.40. The molecule has 34 heavy (non-hydrogen) atoms. The van der Waals surface area contributed by atoms with E-state index >= 15 is 0 Å². The molecule has 1 aliphatic rings. The van der Waals surface area contributed by atoms with Crippen LogP contribution < -0.4 is 22.1 Å². The van der Waals surface area contributed by atoms with E-state index in [0.29, 0.717) is 13.0 Å². The van der Waals surface area contributed by atoms with Crippen molar-refractivity contribution >= 4 is 17.7 Å². The van der Waals surface area contributed by atoms with Crippen LogP contribution in [0.4, 0.5) is 0 Å². The Bertz CT molecular complexity index is 983. The van der Waals surface area contributed by atoms with Crippen molar-refractivity contribution in [1.29, 1.82) is 0 Å². The van der Waals surface area contributed by atoms with Gasteiger partial charge in [0.2, 0.25) is 17.7 Å². The molecule has 1 heterocycles. The summed E-state index contributed by atoms with van der Waals surface area (Å²) in [5.41, 5.74) is 13.7. The Morgan fingerprint density at radius 2 is 1.79 bits per heavy atom. The van der Waals surface area contributed by atoms with Crippen molar-refractivity contribution < 1.29 is 19.5 Å². The number of nitrogens with zero attached hydrogens (tertiary/aromatic N) is 1. The maximum absolute atomic E-state index is 13.4. The first-order valence-electron chi connectivity index (χ1n) is 11.5. The number of amides is 3. The Hall–Kier alpha value is -3.27. The predicted molar refractivity (Wildman–Crippen MR) is 129 cm³/mol. The number of nitrogens with two attached hydrogens (primary N) is 2. The number of benzene rings is 2. The van der Waals surface area contributed by atoms with Crippen molar-refractivity contribution in [3.8, 4) is 5.75 Å². The minimum atomic E-state index is -1.06. The van der Waals surface area contributed by atoms with Gasteiger partial charge in [-0.2, -0.15) is 0 Å². The first-order valence-corrected chi connectivity index (χ1v) is 11.5. The highest BCUT2D eigenvalue weighted by molar-refractivity contribution is 6.04. The second-order valence-corrected chi connectivity index (χ2v) is 8.64. The van der Waals surface area contributed by atoms with Crippen LogP contribution in [-0.2, 0) is 27.2 Å². The van der Waals surface area contributed by atoms with Crippen LogP contribution in [0, 0.1) is 0 Å². The van der Waals surface area contributed by atoms with Gasteiger partial charge in [0, 0.05) is 12.6 Å². The number of aromatic hydroxyl groups is 1. The van der Waals surface area contributed by atoms with Gasteiger partial charge in [0.1, 0.15) is 11.8 Å². The molecule has 9 heteroatoms. The summed E-state index contributed by atoms with van der Waals surface area (Å²) < 4.78 is 0. The van der Waals surface area contributed by atoms with Crippen molar-refractivity contribution in [2.24, 2.45) is 11.5 Å². The second kappa shape index (κ2) is 11.7. The van der Waals surface area contributed by atoms with Crippen LogP contribution in [0.1, 0.15) is 24.5 Å². The third-order valence-corrected chi connectivity index (χ3v) is 5.95. The summed E-state index contributed by atoms with van der Waals surface area (Å²) in [7, 11) is 0. The van der Waals surface area contributed by atoms with Crippen LogP contribution in [-0.4, -0.2) is 65.0 Å². The van der Waals surface area contributed by atoms with E-state index in [1.165, 1.54) is 12.1 Å². The summed E-state index contributed by atoms with van der Waals surface area (Å²) >= 11 is 0. The maximum Gasteiger partial charge on any atom is 0.247 e. The van der Waals surface area contributed by atoms with Gasteiger partial charge < -0.3 is 27.2 Å². The smallest absolute Gasteiger partial charge is 0.247 e. The van der Waals surface area contributed by atoms with Gasteiger partial charge in [-0.25, -0.2) is 0 Å². The molecule has 1 fully saturated rings. The van der Waals surface area contributed by atoms with Gasteiger partial charge in [0.05, 0.1) is 12.1 Å². The molecule has 1 aliphatic heterocycles. The van der Waals surface area contributed by atoms with Crippen LogP contribution in [0.25, 0.3) is 0 Å². The van der Waals surface area contributed by atoms with Gasteiger partial charge in [0.15, 0.2) is 0 Å². The lowest BCUT2D eigenvalue weighted by Crippen LogP contribution is -2.59. The molecule has 182 valence electrons. The molecule has 0 radical (unpaired) electrons. The van der Waals surface area contributed by atoms with E-state index in [4.69, 9.17) is 11.5 Å². The number of nitrogens with one attached hydrogen (secondary N) is 2. The van der Waals surface area contributed by atoms with Gasteiger partial charge in [0.25, 0.3) is 0 Å². The zero-order valence-corrected chi connectivity index (χ0v) is 19.3. The second-order valence-electron chi connectivity index (χ2n) is 8.64. The van der Waals surface area contributed by atoms with Gasteiger partial charge >= 0.3 is 0 Å². The summed E-state index contributed by atoms with van der Waals surface area (Å²) in [5, 5.41) is 15.6. The fourth-order valence-electron chi connectivity index (χ4n) is 4.09. The zero-order chi connectivity index (χ0) is 24.7. The van der Waals surface area contributed by atoms with Gasteiger partial charge in [-0.05, 0) is 56.0 Å². The highest BCUT2D eigenvalue weighted by Crippen LogP contribution is 2.16. The van der Waals surface area contributed by atoms with Crippen molar-refractivity contribution in [3.05, 3.63) is 65.7 Å². The van der Waals surface area contributed by atoms with Gasteiger partial charge in [-0.3, -0.25) is 19.3 Å². The summed E-state index contributed by atoms with van der Waals surface area (Å²) in [4.78, 5) is 41.0. The Labute approximate surface area is 199 Å². The molecular weight excluding hydrogens is 434 g/mol. The van der Waals surface area contributed by atoms with Crippen LogP contribution in [0.15, 0.2) is 54.6 Å². The molecule has 0 aromatic heterocycles. The molecule has 0 bridgehead atoms. The molecule has 0 spiro atoms. The van der Waals surface area contributed by atoms with Crippen molar-refractivity contribution in [2.45, 2.75) is 50.4 Å². The molecular formula is C25H33N5O4. The van der Waals surface area contributed by atoms with E-state index < -0.39 is 35.8 Å². The first kappa shape index (κ1) is 25.4. The van der Waals surface area contributed by atoms with E-state index in [2.05, 4.69) is 10.6 Å². The van der Waals surface area contributed by atoms with Crippen LogP contribution in [0.2, 0.25) is 0 Å². The number of hydrogen-bond acceptors (Lipinski definition) is 7. The lowest BCUT2D eigenvalue weighted by Gasteiger charge is -2.32. The number of hydrogen-bond donors (Lipinski definition) is 5. The van der Waals surface area contributed by atoms with Crippen LogP contribution >= 0.6 is 0 Å². The monoisotopic (exact) mass is 467 g/mol. The Morgan fingerprint density at radius 3 is 2.44 bits per heavy atom. The minimum Gasteiger partial charge on any atom is -0.508 e. The van der Waals surface area contributed by atoms with E-state index in [0.717, 1.165) is 16.0 Å². The molecule has 9 nitrogen and oxygen atoms in total. The fraction of sp³-hybridized carbons (Fsp3) is 0.400. The van der Waals surface area contributed by atoms with Crippen LogP contribution in [0.5, 0.6) is 5.75 Å². The lowest BCUT2D eigenvalue weighted by molar-refractivity contribution is -0.153. The molecule has 2 aromatic rings. The third-order valence-electron chi connectivity index (χ3n) is 5.95. The average molecular weight is 468 g/mol. The van der Waals surface area contributed by atoms with E-state index in [1.54, 1.807) is 19.1 Å². The van der Waals surface area contributed by atoms with E-state index in [1.807, 2.05) is 30.3 Å². The standard InChI is InChI=1S/C25H33N5O4/c1-16-24(33)30(25(34)21(27)14-18-7-9-20(31)10-8-18)22(11-12-26)23(32)29-19(15-28-16)13-17-5-3-2-4-6-17/h2-10,16,19,21-22,28,31H,11-15,26-27H2,1H3,(H,29,32)/t16-,19+,21+,22+/m1/s1. The summed E-state index contributed by atoms with van der Waals surface area (Å²) in [6.07, 6.45) is 0.850. The van der Waals surface area contributed by atoms with Gasteiger partial charge in [-0.15, -0.1) is 0 Å². The fourth-order valence-corrected chi connectivity index (χ4v) is 4.09. The average Bonchev–Trinajstić information content (AvgIpc) is 2.86. The van der Waals surface area contributed by atoms with E-state index in [-0.39, 0.29) is 31.2 Å². The molecule has 4 atom stereocenters. The number of phenolic OH excluding ortho intramolecular Hbond substituents is 1. The SMILES string of the molecule is C[C@H]1NC[C@H](Cc2ccccc2)NC(=O)[C@H](CCN)N(C(=O)[C@@H](N)Cc2ccc(O)cc2)C1=O. The number of imide groups is 1. The predicted octanol–water partition coefficient (Wildman–Crippen LogP) is 0.0538.